The molecular formula is C9H14N4O3S. The number of nitrogens with two attached hydrogens (primary N) is 1. The van der Waals surface area contributed by atoms with Gasteiger partial charge in [-0.05, 0) is 12.8 Å². The lowest BCUT2D eigenvalue weighted by Gasteiger charge is -2.30. The van der Waals surface area contributed by atoms with Crippen molar-refractivity contribution in [3.8, 4) is 0 Å². The number of fused-ring (bicyclic) bond motifs is 2. The molecule has 2 fully saturated rings. The molecule has 0 aromatic carbocycles. The van der Waals surface area contributed by atoms with Crippen LogP contribution in [0.2, 0.25) is 0 Å². The molecular weight excluding hydrogens is 244 g/mol. The van der Waals surface area contributed by atoms with Gasteiger partial charge in [-0.2, -0.15) is 9.40 Å². The second-order valence-corrected chi connectivity index (χ2v) is 6.33. The zero-order valence-corrected chi connectivity index (χ0v) is 9.98. The van der Waals surface area contributed by atoms with E-state index in [1.54, 1.807) is 0 Å². The fourth-order valence-corrected chi connectivity index (χ4v) is 3.92. The molecule has 2 atom stereocenters. The van der Waals surface area contributed by atoms with Gasteiger partial charge in [0.15, 0.2) is 0 Å². The minimum atomic E-state index is -3.54. The van der Waals surface area contributed by atoms with E-state index in [4.69, 9.17) is 10.5 Å². The monoisotopic (exact) mass is 258 g/mol. The number of nitrogens with zero attached hydrogens (tertiary/aromatic N) is 2. The number of hydrogen-bond donors (Lipinski definition) is 2. The molecule has 1 aromatic rings. The van der Waals surface area contributed by atoms with Gasteiger partial charge in [-0.1, -0.05) is 0 Å². The van der Waals surface area contributed by atoms with Crippen molar-refractivity contribution in [2.24, 2.45) is 0 Å². The standard InChI is InChI=1S/C9H14N4O3S/c10-9-8(3-11-12-9)17(14,15)13-4-6-1-2-7(5-13)16-6/h3,6-7H,1-2,4-5H2,(H3,10,11,12). The molecule has 2 unspecified atom stereocenters. The van der Waals surface area contributed by atoms with Crippen molar-refractivity contribution in [3.05, 3.63) is 6.20 Å². The first-order chi connectivity index (χ1) is 8.07. The van der Waals surface area contributed by atoms with Gasteiger partial charge < -0.3 is 10.5 Å². The van der Waals surface area contributed by atoms with E-state index in [9.17, 15) is 8.42 Å². The van der Waals surface area contributed by atoms with Gasteiger partial charge >= 0.3 is 0 Å². The molecule has 17 heavy (non-hydrogen) atoms. The summed E-state index contributed by atoms with van der Waals surface area (Å²) in [4.78, 5) is 0.0544. The van der Waals surface area contributed by atoms with Crippen LogP contribution in [0.3, 0.4) is 0 Å². The quantitative estimate of drug-likeness (QED) is 0.747. The number of anilines is 1. The maximum absolute atomic E-state index is 12.3. The first-order valence-corrected chi connectivity index (χ1v) is 6.96. The zero-order chi connectivity index (χ0) is 12.0. The smallest absolute Gasteiger partial charge is 0.248 e. The van der Waals surface area contributed by atoms with Crippen LogP contribution >= 0.6 is 0 Å². The average Bonchev–Trinajstić information content (AvgIpc) is 2.85. The Hall–Kier alpha value is -1.12. The second-order valence-electron chi connectivity index (χ2n) is 4.43. The maximum atomic E-state index is 12.3. The molecule has 2 aliphatic rings. The van der Waals surface area contributed by atoms with Crippen LogP contribution in [0.1, 0.15) is 12.8 Å². The Morgan fingerprint density at radius 3 is 2.59 bits per heavy atom. The van der Waals surface area contributed by atoms with E-state index >= 15 is 0 Å². The van der Waals surface area contributed by atoms with Crippen LogP contribution in [0.15, 0.2) is 11.1 Å². The fraction of sp³-hybridized carbons (Fsp3) is 0.667. The predicted molar refractivity (Wildman–Crippen MR) is 59.7 cm³/mol. The Morgan fingerprint density at radius 2 is 2.06 bits per heavy atom. The normalized spacial score (nSPS) is 29.6. The Morgan fingerprint density at radius 1 is 1.41 bits per heavy atom. The lowest BCUT2D eigenvalue weighted by molar-refractivity contribution is -0.0114. The number of aromatic nitrogens is 2. The van der Waals surface area contributed by atoms with Crippen LogP contribution in [0, 0.1) is 0 Å². The van der Waals surface area contributed by atoms with Crippen molar-refractivity contribution in [3.63, 3.8) is 0 Å². The largest absolute Gasteiger partial charge is 0.383 e. The highest BCUT2D eigenvalue weighted by molar-refractivity contribution is 7.89. The number of H-pyrrole nitrogens is 1. The van der Waals surface area contributed by atoms with Crippen molar-refractivity contribution in [2.45, 2.75) is 29.9 Å². The molecule has 0 aliphatic carbocycles. The van der Waals surface area contributed by atoms with E-state index < -0.39 is 10.0 Å². The van der Waals surface area contributed by atoms with Gasteiger partial charge in [0.1, 0.15) is 10.7 Å². The highest BCUT2D eigenvalue weighted by Gasteiger charge is 2.40. The Balaban J connectivity index is 1.91. The van der Waals surface area contributed by atoms with Crippen LogP contribution in [0.5, 0.6) is 0 Å². The van der Waals surface area contributed by atoms with Crippen molar-refractivity contribution in [1.82, 2.24) is 14.5 Å². The van der Waals surface area contributed by atoms with Gasteiger partial charge in [0.25, 0.3) is 0 Å². The van der Waals surface area contributed by atoms with Crippen molar-refractivity contribution >= 4 is 15.8 Å². The van der Waals surface area contributed by atoms with E-state index in [1.165, 1.54) is 10.5 Å². The van der Waals surface area contributed by atoms with E-state index in [2.05, 4.69) is 10.2 Å². The SMILES string of the molecule is Nc1[nH]ncc1S(=O)(=O)N1CC2CCC(C1)O2. The molecule has 2 bridgehead atoms. The number of nitrogens with one attached hydrogen (secondary N) is 1. The van der Waals surface area contributed by atoms with Gasteiger partial charge in [-0.15, -0.1) is 0 Å². The summed E-state index contributed by atoms with van der Waals surface area (Å²) >= 11 is 0. The summed E-state index contributed by atoms with van der Waals surface area (Å²) in [7, 11) is -3.54. The summed E-state index contributed by atoms with van der Waals surface area (Å²) in [6, 6.07) is 0. The highest BCUT2D eigenvalue weighted by Crippen LogP contribution is 2.30. The van der Waals surface area contributed by atoms with Crippen LogP contribution in [0.25, 0.3) is 0 Å². The Bertz CT molecular complexity index is 514. The van der Waals surface area contributed by atoms with Crippen molar-refractivity contribution < 1.29 is 13.2 Å². The molecule has 3 N–H and O–H groups in total. The molecule has 3 heterocycles. The molecule has 8 heteroatoms. The first-order valence-electron chi connectivity index (χ1n) is 5.52. The van der Waals surface area contributed by atoms with Gasteiger partial charge in [-0.3, -0.25) is 5.10 Å². The topological polar surface area (TPSA) is 101 Å². The molecule has 0 amide bonds. The number of ether oxygens (including phenoxy) is 1. The summed E-state index contributed by atoms with van der Waals surface area (Å²) in [6.07, 6.45) is 3.16. The van der Waals surface area contributed by atoms with Crippen LogP contribution in [0.4, 0.5) is 5.82 Å². The second kappa shape index (κ2) is 3.69. The lowest BCUT2D eigenvalue weighted by atomic mass is 10.2. The minimum Gasteiger partial charge on any atom is -0.383 e. The molecule has 1 aromatic heterocycles. The number of sulfonamides is 1. The third-order valence-electron chi connectivity index (χ3n) is 3.26. The van der Waals surface area contributed by atoms with Crippen LogP contribution in [-0.2, 0) is 14.8 Å². The van der Waals surface area contributed by atoms with Crippen molar-refractivity contribution in [1.29, 1.82) is 0 Å². The molecule has 7 nitrogen and oxygen atoms in total. The molecule has 0 spiro atoms. The predicted octanol–water partition coefficient (Wildman–Crippen LogP) is -0.456. The van der Waals surface area contributed by atoms with Gasteiger partial charge in [0.05, 0.1) is 18.4 Å². The minimum absolute atomic E-state index is 0.0247. The number of aromatic amines is 1. The molecule has 0 radical (unpaired) electrons. The maximum Gasteiger partial charge on any atom is 0.248 e. The van der Waals surface area contributed by atoms with Crippen molar-refractivity contribution in [2.75, 3.05) is 18.8 Å². The third kappa shape index (κ3) is 1.72. The first kappa shape index (κ1) is 11.0. The lowest BCUT2D eigenvalue weighted by Crippen LogP contribution is -2.45. The molecule has 2 aliphatic heterocycles. The Kier molecular flexibility index (Phi) is 2.39. The Labute approximate surface area is 99.0 Å². The van der Waals surface area contributed by atoms with Crippen LogP contribution in [-0.4, -0.2) is 48.2 Å². The van der Waals surface area contributed by atoms with Crippen LogP contribution < -0.4 is 5.73 Å². The van der Waals surface area contributed by atoms with E-state index in [0.29, 0.717) is 13.1 Å². The zero-order valence-electron chi connectivity index (χ0n) is 9.17. The number of hydrogen-bond acceptors (Lipinski definition) is 5. The average molecular weight is 258 g/mol. The number of rotatable bonds is 2. The third-order valence-corrected chi connectivity index (χ3v) is 5.12. The molecule has 3 rings (SSSR count). The summed E-state index contributed by atoms with van der Waals surface area (Å²) in [5.41, 5.74) is 5.56. The van der Waals surface area contributed by atoms with E-state index in [1.807, 2.05) is 0 Å². The fourth-order valence-electron chi connectivity index (χ4n) is 2.40. The number of morpholine rings is 1. The van der Waals surface area contributed by atoms with Gasteiger partial charge in [-0.25, -0.2) is 8.42 Å². The summed E-state index contributed by atoms with van der Waals surface area (Å²) in [5, 5.41) is 6.09. The summed E-state index contributed by atoms with van der Waals surface area (Å²) in [5.74, 6) is 0.0869. The highest BCUT2D eigenvalue weighted by atomic mass is 32.2. The summed E-state index contributed by atoms with van der Waals surface area (Å²) in [6.45, 7) is 0.812. The molecule has 2 saturated heterocycles. The van der Waals surface area contributed by atoms with Gasteiger partial charge in [0, 0.05) is 13.1 Å². The number of nitrogen functional groups attached to an aromatic ring is 1. The van der Waals surface area contributed by atoms with E-state index in [0.717, 1.165) is 12.8 Å². The van der Waals surface area contributed by atoms with E-state index in [-0.39, 0.29) is 22.9 Å². The van der Waals surface area contributed by atoms with Gasteiger partial charge in [0.2, 0.25) is 10.0 Å². The molecule has 0 saturated carbocycles. The molecule has 94 valence electrons. The summed E-state index contributed by atoms with van der Waals surface area (Å²) < 4.78 is 31.7.